The van der Waals surface area contributed by atoms with Gasteiger partial charge in [0.25, 0.3) is 11.8 Å². The second kappa shape index (κ2) is 10.6. The molecule has 0 radical (unpaired) electrons. The Morgan fingerprint density at radius 3 is 2.19 bits per heavy atom. The van der Waals surface area contributed by atoms with Gasteiger partial charge in [-0.3, -0.25) is 14.4 Å². The lowest BCUT2D eigenvalue weighted by molar-refractivity contribution is -0.154. The Hall–Kier alpha value is -3.35. The van der Waals surface area contributed by atoms with Crippen LogP contribution in [0.5, 0.6) is 11.5 Å². The summed E-state index contributed by atoms with van der Waals surface area (Å²) in [6, 6.07) is 16.2. The first-order valence-corrected chi connectivity index (χ1v) is 10.5. The standard InChI is InChI=1S/C24H28N2O5/c1-17-7-6-8-18(2)26(17)22(27)16-30-23(28)15-25-24(29)19-11-13-21(14-12-19)31-20-9-4-3-5-10-20/h3-5,9-14,17-18H,6-8,15-16H2,1-2H3,(H,25,29). The number of amides is 2. The summed E-state index contributed by atoms with van der Waals surface area (Å²) in [6.07, 6.45) is 3.00. The van der Waals surface area contributed by atoms with Gasteiger partial charge >= 0.3 is 5.97 Å². The van der Waals surface area contributed by atoms with Gasteiger partial charge in [0.05, 0.1) is 0 Å². The Balaban J connectivity index is 1.42. The minimum absolute atomic E-state index is 0.142. The van der Waals surface area contributed by atoms with Crippen LogP contribution in [-0.2, 0) is 14.3 Å². The molecule has 3 rings (SSSR count). The molecule has 0 saturated carbocycles. The van der Waals surface area contributed by atoms with Gasteiger partial charge in [0.15, 0.2) is 6.61 Å². The molecule has 2 aromatic carbocycles. The Morgan fingerprint density at radius 2 is 1.55 bits per heavy atom. The predicted octanol–water partition coefficient (Wildman–Crippen LogP) is 3.54. The summed E-state index contributed by atoms with van der Waals surface area (Å²) >= 11 is 0. The van der Waals surface area contributed by atoms with Crippen molar-refractivity contribution in [1.82, 2.24) is 10.2 Å². The second-order valence-corrected chi connectivity index (χ2v) is 7.71. The third-order valence-electron chi connectivity index (χ3n) is 5.33. The van der Waals surface area contributed by atoms with Crippen molar-refractivity contribution >= 4 is 17.8 Å². The number of nitrogens with one attached hydrogen (secondary N) is 1. The molecule has 2 atom stereocenters. The maximum Gasteiger partial charge on any atom is 0.325 e. The zero-order valence-corrected chi connectivity index (χ0v) is 17.9. The first-order valence-electron chi connectivity index (χ1n) is 10.5. The molecule has 1 fully saturated rings. The summed E-state index contributed by atoms with van der Waals surface area (Å²) in [7, 11) is 0. The summed E-state index contributed by atoms with van der Waals surface area (Å²) in [5.41, 5.74) is 0.389. The van der Waals surface area contributed by atoms with Crippen LogP contribution >= 0.6 is 0 Å². The van der Waals surface area contributed by atoms with Crippen molar-refractivity contribution < 1.29 is 23.9 Å². The van der Waals surface area contributed by atoms with Gasteiger partial charge in [-0.2, -0.15) is 0 Å². The Bertz CT molecular complexity index is 888. The number of hydrogen-bond acceptors (Lipinski definition) is 5. The number of benzene rings is 2. The summed E-state index contributed by atoms with van der Waals surface area (Å²) < 4.78 is 10.7. The van der Waals surface area contributed by atoms with Gasteiger partial charge in [0.2, 0.25) is 0 Å². The molecule has 31 heavy (non-hydrogen) atoms. The van der Waals surface area contributed by atoms with Gasteiger partial charge in [-0.05, 0) is 69.5 Å². The number of para-hydroxylation sites is 1. The second-order valence-electron chi connectivity index (χ2n) is 7.71. The molecule has 1 aliphatic rings. The molecule has 1 N–H and O–H groups in total. The van der Waals surface area contributed by atoms with Crippen LogP contribution in [0.2, 0.25) is 0 Å². The lowest BCUT2D eigenvalue weighted by Crippen LogP contribution is -2.49. The number of carbonyl (C=O) groups excluding carboxylic acids is 3. The van der Waals surface area contributed by atoms with Gasteiger partial charge in [-0.25, -0.2) is 0 Å². The fraction of sp³-hybridized carbons (Fsp3) is 0.375. The third kappa shape index (κ3) is 6.31. The van der Waals surface area contributed by atoms with E-state index in [2.05, 4.69) is 5.32 Å². The van der Waals surface area contributed by atoms with Crippen molar-refractivity contribution in [3.63, 3.8) is 0 Å². The van der Waals surface area contributed by atoms with Crippen molar-refractivity contribution in [2.45, 2.75) is 45.2 Å². The topological polar surface area (TPSA) is 84.9 Å². The van der Waals surface area contributed by atoms with E-state index in [1.54, 1.807) is 29.2 Å². The minimum Gasteiger partial charge on any atom is -0.457 e. The third-order valence-corrected chi connectivity index (χ3v) is 5.33. The molecule has 0 aromatic heterocycles. The first kappa shape index (κ1) is 22.3. The Kier molecular flexibility index (Phi) is 7.65. The zero-order valence-electron chi connectivity index (χ0n) is 17.9. The van der Waals surface area contributed by atoms with E-state index in [1.165, 1.54) is 0 Å². The van der Waals surface area contributed by atoms with Gasteiger partial charge in [0, 0.05) is 17.6 Å². The quantitative estimate of drug-likeness (QED) is 0.687. The van der Waals surface area contributed by atoms with Crippen LogP contribution in [0.1, 0.15) is 43.5 Å². The van der Waals surface area contributed by atoms with E-state index in [-0.39, 0.29) is 31.1 Å². The molecule has 2 aromatic rings. The fourth-order valence-electron chi connectivity index (χ4n) is 3.73. The molecule has 0 spiro atoms. The van der Waals surface area contributed by atoms with E-state index in [0.717, 1.165) is 19.3 Å². The molecule has 7 nitrogen and oxygen atoms in total. The number of nitrogens with zero attached hydrogens (tertiary/aromatic N) is 1. The number of esters is 1. The van der Waals surface area contributed by atoms with E-state index >= 15 is 0 Å². The lowest BCUT2D eigenvalue weighted by atomic mass is 9.97. The van der Waals surface area contributed by atoms with E-state index in [0.29, 0.717) is 17.1 Å². The van der Waals surface area contributed by atoms with Crippen molar-refractivity contribution in [3.8, 4) is 11.5 Å². The molecular weight excluding hydrogens is 396 g/mol. The monoisotopic (exact) mass is 424 g/mol. The van der Waals surface area contributed by atoms with Gasteiger partial charge in [-0.1, -0.05) is 18.2 Å². The maximum absolute atomic E-state index is 12.4. The van der Waals surface area contributed by atoms with E-state index in [9.17, 15) is 14.4 Å². The van der Waals surface area contributed by atoms with Gasteiger partial charge in [0.1, 0.15) is 18.0 Å². The zero-order chi connectivity index (χ0) is 22.2. The van der Waals surface area contributed by atoms with Crippen LogP contribution < -0.4 is 10.1 Å². The average Bonchev–Trinajstić information content (AvgIpc) is 2.77. The highest BCUT2D eigenvalue weighted by atomic mass is 16.5. The summed E-state index contributed by atoms with van der Waals surface area (Å²) in [5, 5.41) is 2.51. The van der Waals surface area contributed by atoms with E-state index in [4.69, 9.17) is 9.47 Å². The molecule has 0 aliphatic carbocycles. The number of carbonyl (C=O) groups is 3. The molecule has 1 aliphatic heterocycles. The van der Waals surface area contributed by atoms with Crippen LogP contribution in [0.25, 0.3) is 0 Å². The fourth-order valence-corrected chi connectivity index (χ4v) is 3.73. The van der Waals surface area contributed by atoms with Gasteiger partial charge < -0.3 is 19.7 Å². The smallest absolute Gasteiger partial charge is 0.325 e. The predicted molar refractivity (Wildman–Crippen MR) is 116 cm³/mol. The Morgan fingerprint density at radius 1 is 0.935 bits per heavy atom. The summed E-state index contributed by atoms with van der Waals surface area (Å²) in [5.74, 6) is 0.0383. The molecule has 0 bridgehead atoms. The number of likely N-dealkylation sites (tertiary alicyclic amines) is 1. The van der Waals surface area contributed by atoms with Crippen LogP contribution in [0.4, 0.5) is 0 Å². The van der Waals surface area contributed by atoms with Crippen molar-refractivity contribution in [2.24, 2.45) is 0 Å². The lowest BCUT2D eigenvalue weighted by Gasteiger charge is -2.38. The van der Waals surface area contributed by atoms with Crippen LogP contribution in [-0.4, -0.2) is 47.9 Å². The molecule has 2 unspecified atom stereocenters. The van der Waals surface area contributed by atoms with Crippen LogP contribution in [0.3, 0.4) is 0 Å². The minimum atomic E-state index is -0.650. The Labute approximate surface area is 182 Å². The highest BCUT2D eigenvalue weighted by Gasteiger charge is 2.29. The molecule has 1 saturated heterocycles. The molecule has 7 heteroatoms. The van der Waals surface area contributed by atoms with E-state index in [1.807, 2.05) is 44.2 Å². The molecule has 164 valence electrons. The summed E-state index contributed by atoms with van der Waals surface area (Å²) in [6.45, 7) is 3.39. The normalized spacial score (nSPS) is 18.2. The van der Waals surface area contributed by atoms with Crippen molar-refractivity contribution in [1.29, 1.82) is 0 Å². The van der Waals surface area contributed by atoms with E-state index < -0.39 is 11.9 Å². The number of rotatable bonds is 7. The highest BCUT2D eigenvalue weighted by molar-refractivity contribution is 5.96. The maximum atomic E-state index is 12.4. The largest absolute Gasteiger partial charge is 0.457 e. The molecule has 1 heterocycles. The van der Waals surface area contributed by atoms with Crippen LogP contribution in [0.15, 0.2) is 54.6 Å². The number of ether oxygens (including phenoxy) is 2. The average molecular weight is 424 g/mol. The highest BCUT2D eigenvalue weighted by Crippen LogP contribution is 2.23. The van der Waals surface area contributed by atoms with Crippen LogP contribution in [0, 0.1) is 0 Å². The number of hydrogen-bond donors (Lipinski definition) is 1. The molecular formula is C24H28N2O5. The number of piperidine rings is 1. The van der Waals surface area contributed by atoms with Crippen molar-refractivity contribution in [3.05, 3.63) is 60.2 Å². The van der Waals surface area contributed by atoms with Crippen molar-refractivity contribution in [2.75, 3.05) is 13.2 Å². The van der Waals surface area contributed by atoms with Gasteiger partial charge in [-0.15, -0.1) is 0 Å². The summed E-state index contributed by atoms with van der Waals surface area (Å²) in [4.78, 5) is 38.4. The first-order chi connectivity index (χ1) is 14.9. The molecule has 2 amide bonds. The SMILES string of the molecule is CC1CCCC(C)N1C(=O)COC(=O)CNC(=O)c1ccc(Oc2ccccc2)cc1.